The number of hydrogen-bond donors (Lipinski definition) is 0. The Bertz CT molecular complexity index is 3030. The Labute approximate surface area is 302 Å². The molecule has 0 aliphatic carbocycles. The molecule has 7 aromatic carbocycles. The molecule has 0 unspecified atom stereocenters. The van der Waals surface area contributed by atoms with E-state index < -0.39 is 0 Å². The molecule has 5 heteroatoms. The summed E-state index contributed by atoms with van der Waals surface area (Å²) in [4.78, 5) is 4.64. The van der Waals surface area contributed by atoms with Crippen LogP contribution in [0.2, 0.25) is 0 Å². The summed E-state index contributed by atoms with van der Waals surface area (Å²) in [5.41, 5.74) is 14.8. The maximum Gasteiger partial charge on any atom is 0.135 e. The zero-order valence-corrected chi connectivity index (χ0v) is 30.0. The second-order valence-electron chi connectivity index (χ2n) is 14.3. The van der Waals surface area contributed by atoms with Gasteiger partial charge in [-0.25, -0.2) is 0 Å². The molecule has 10 aromatic rings. The quantitative estimate of drug-likeness (QED) is 0.182. The molecule has 0 radical (unpaired) electrons. The van der Waals surface area contributed by atoms with E-state index in [-0.39, 0.29) is 0 Å². The van der Waals surface area contributed by atoms with Gasteiger partial charge >= 0.3 is 0 Å². The summed E-state index contributed by atoms with van der Waals surface area (Å²) < 4.78 is 10.8. The Kier molecular flexibility index (Phi) is 6.58. The number of nitrogens with zero attached hydrogens (tertiary/aromatic N) is 4. The molecule has 3 heterocycles. The van der Waals surface area contributed by atoms with E-state index in [2.05, 4.69) is 181 Å². The van der Waals surface area contributed by atoms with Crippen molar-refractivity contribution in [2.45, 2.75) is 13.8 Å². The van der Waals surface area contributed by atoms with Gasteiger partial charge in [0.2, 0.25) is 0 Å². The predicted octanol–water partition coefficient (Wildman–Crippen LogP) is 12.7. The van der Waals surface area contributed by atoms with Gasteiger partial charge in [0.05, 0.1) is 16.6 Å². The molecule has 10 rings (SSSR count). The van der Waals surface area contributed by atoms with Crippen molar-refractivity contribution in [1.29, 1.82) is 0 Å². The first-order valence-electron chi connectivity index (χ1n) is 17.9. The van der Waals surface area contributed by atoms with E-state index >= 15 is 0 Å². The van der Waals surface area contributed by atoms with Crippen molar-refractivity contribution in [3.8, 4) is 0 Å². The number of benzene rings is 7. The fourth-order valence-corrected chi connectivity index (χ4v) is 8.18. The highest BCUT2D eigenvalue weighted by Crippen LogP contribution is 2.42. The monoisotopic (exact) mass is 674 g/mol. The number of rotatable bonds is 5. The van der Waals surface area contributed by atoms with Crippen LogP contribution in [0.5, 0.6) is 0 Å². The molecule has 0 spiro atoms. The third kappa shape index (κ3) is 4.55. The number of aromatic nitrogens is 2. The smallest absolute Gasteiger partial charge is 0.135 e. The molecule has 0 N–H and O–H groups in total. The van der Waals surface area contributed by atoms with Crippen LogP contribution in [0, 0.1) is 13.8 Å². The van der Waals surface area contributed by atoms with Crippen molar-refractivity contribution < 1.29 is 4.42 Å². The Balaban J connectivity index is 1.09. The summed E-state index contributed by atoms with van der Waals surface area (Å²) in [7, 11) is 6.50. The largest absolute Gasteiger partial charge is 0.456 e. The average Bonchev–Trinajstić information content (AvgIpc) is 3.78. The van der Waals surface area contributed by atoms with E-state index in [1.54, 1.807) is 0 Å². The predicted molar refractivity (Wildman–Crippen MR) is 220 cm³/mol. The van der Waals surface area contributed by atoms with Crippen molar-refractivity contribution in [3.05, 3.63) is 151 Å². The lowest BCUT2D eigenvalue weighted by molar-refractivity contribution is 0.669. The van der Waals surface area contributed by atoms with Crippen molar-refractivity contribution >= 4 is 94.0 Å². The number of anilines is 5. The minimum atomic E-state index is 0.907. The summed E-state index contributed by atoms with van der Waals surface area (Å²) in [6.07, 6.45) is 0. The van der Waals surface area contributed by atoms with Crippen molar-refractivity contribution in [1.82, 2.24) is 9.13 Å². The summed E-state index contributed by atoms with van der Waals surface area (Å²) in [5.74, 6) is 0. The highest BCUT2D eigenvalue weighted by Gasteiger charge is 2.19. The third-order valence-corrected chi connectivity index (χ3v) is 11.1. The number of furan rings is 1. The standard InChI is InChI=1S/C47H38N4O/c1-29-10-13-31(14-11-29)51(34-16-21-38-36-19-12-30(2)24-42(36)49(4)44(38)27-34)35-17-22-39-37-20-15-33(26-43(37)50(5)45(39)28-35)48(3)32-18-23-47-41(25-32)40-8-6-7-9-46(40)52-47/h6-28H,1-5H3. The normalized spacial score (nSPS) is 11.9. The van der Waals surface area contributed by atoms with Gasteiger partial charge in [0.1, 0.15) is 11.2 Å². The summed E-state index contributed by atoms with van der Waals surface area (Å²) in [6.45, 7) is 4.30. The molecule has 0 saturated heterocycles. The number of fused-ring (bicyclic) bond motifs is 9. The van der Waals surface area contributed by atoms with E-state index in [0.717, 1.165) is 50.4 Å². The average molecular weight is 675 g/mol. The molecule has 0 aliphatic heterocycles. The van der Waals surface area contributed by atoms with E-state index in [1.165, 1.54) is 54.7 Å². The van der Waals surface area contributed by atoms with Crippen LogP contribution in [0.4, 0.5) is 28.4 Å². The molecule has 252 valence electrons. The molecule has 3 aromatic heterocycles. The van der Waals surface area contributed by atoms with Crippen LogP contribution >= 0.6 is 0 Å². The third-order valence-electron chi connectivity index (χ3n) is 11.1. The van der Waals surface area contributed by atoms with E-state index in [0.29, 0.717) is 0 Å². The van der Waals surface area contributed by atoms with Gasteiger partial charge in [-0.2, -0.15) is 0 Å². The molecular weight excluding hydrogens is 637 g/mol. The molecule has 52 heavy (non-hydrogen) atoms. The van der Waals surface area contributed by atoms with Gasteiger partial charge in [-0.05, 0) is 98.3 Å². The molecule has 0 atom stereocenters. The number of aryl methyl sites for hydroxylation is 4. The van der Waals surface area contributed by atoms with Crippen LogP contribution < -0.4 is 9.80 Å². The molecule has 0 saturated carbocycles. The minimum absolute atomic E-state index is 0.907. The fourth-order valence-electron chi connectivity index (χ4n) is 8.18. The van der Waals surface area contributed by atoms with Crippen molar-refractivity contribution in [2.24, 2.45) is 14.1 Å². The Morgan fingerprint density at radius 3 is 1.52 bits per heavy atom. The molecular formula is C47H38N4O. The fraction of sp³-hybridized carbons (Fsp3) is 0.106. The summed E-state index contributed by atoms with van der Waals surface area (Å²) in [6, 6.07) is 50.8. The van der Waals surface area contributed by atoms with Crippen LogP contribution in [0.3, 0.4) is 0 Å². The first-order chi connectivity index (χ1) is 25.3. The van der Waals surface area contributed by atoms with Crippen LogP contribution in [-0.2, 0) is 14.1 Å². The van der Waals surface area contributed by atoms with Gasteiger partial charge in [-0.15, -0.1) is 0 Å². The van der Waals surface area contributed by atoms with Crippen molar-refractivity contribution in [2.75, 3.05) is 16.8 Å². The zero-order valence-electron chi connectivity index (χ0n) is 30.0. The lowest BCUT2D eigenvalue weighted by Gasteiger charge is -2.26. The highest BCUT2D eigenvalue weighted by atomic mass is 16.3. The number of para-hydroxylation sites is 1. The van der Waals surface area contributed by atoms with Gasteiger partial charge < -0.3 is 23.4 Å². The Morgan fingerprint density at radius 1 is 0.404 bits per heavy atom. The van der Waals surface area contributed by atoms with Gasteiger partial charge in [0, 0.05) is 87.4 Å². The van der Waals surface area contributed by atoms with Crippen LogP contribution in [0.15, 0.2) is 144 Å². The van der Waals surface area contributed by atoms with E-state index in [9.17, 15) is 0 Å². The maximum absolute atomic E-state index is 6.10. The van der Waals surface area contributed by atoms with E-state index in [1.807, 2.05) is 12.1 Å². The summed E-state index contributed by atoms with van der Waals surface area (Å²) >= 11 is 0. The summed E-state index contributed by atoms with van der Waals surface area (Å²) in [5, 5.41) is 7.31. The lowest BCUT2D eigenvalue weighted by Crippen LogP contribution is -2.10. The molecule has 0 amide bonds. The lowest BCUT2D eigenvalue weighted by atomic mass is 10.1. The molecule has 0 aliphatic rings. The van der Waals surface area contributed by atoms with Crippen LogP contribution in [-0.4, -0.2) is 16.2 Å². The first-order valence-corrected chi connectivity index (χ1v) is 17.9. The molecule has 5 nitrogen and oxygen atoms in total. The highest BCUT2D eigenvalue weighted by molar-refractivity contribution is 6.12. The van der Waals surface area contributed by atoms with Gasteiger partial charge in [-0.3, -0.25) is 0 Å². The first kappa shape index (κ1) is 30.4. The Morgan fingerprint density at radius 2 is 0.865 bits per heavy atom. The van der Waals surface area contributed by atoms with E-state index in [4.69, 9.17) is 4.42 Å². The van der Waals surface area contributed by atoms with Crippen molar-refractivity contribution in [3.63, 3.8) is 0 Å². The minimum Gasteiger partial charge on any atom is -0.456 e. The molecule has 0 bridgehead atoms. The van der Waals surface area contributed by atoms with Gasteiger partial charge in [0.25, 0.3) is 0 Å². The maximum atomic E-state index is 6.10. The zero-order chi connectivity index (χ0) is 35.2. The Hall–Kier alpha value is -6.46. The van der Waals surface area contributed by atoms with Crippen LogP contribution in [0.25, 0.3) is 65.6 Å². The second kappa shape index (κ2) is 11.3. The molecule has 0 fully saturated rings. The number of hydrogen-bond acceptors (Lipinski definition) is 3. The van der Waals surface area contributed by atoms with Crippen LogP contribution in [0.1, 0.15) is 11.1 Å². The SMILES string of the molecule is Cc1ccc(N(c2ccc3c4ccc(C)cc4n(C)c3c2)c2ccc3c4ccc(N(C)c5ccc6oc7ccccc7c6c5)cc4n(C)c3c2)cc1. The topological polar surface area (TPSA) is 29.5 Å². The second-order valence-corrected chi connectivity index (χ2v) is 14.3. The van der Waals surface area contributed by atoms with Gasteiger partial charge in [0.15, 0.2) is 0 Å². The van der Waals surface area contributed by atoms with Gasteiger partial charge in [-0.1, -0.05) is 66.2 Å².